The van der Waals surface area contributed by atoms with Gasteiger partial charge in [-0.1, -0.05) is 12.8 Å². The Hall–Kier alpha value is -0.570. The van der Waals surface area contributed by atoms with Crippen LogP contribution >= 0.6 is 24.0 Å². The lowest BCUT2D eigenvalue weighted by Gasteiger charge is -2.11. The third kappa shape index (κ3) is 17.6. The van der Waals surface area contributed by atoms with Gasteiger partial charge in [0.25, 0.3) is 0 Å². The minimum atomic E-state index is -0.119. The monoisotopic (exact) mass is 443 g/mol. The van der Waals surface area contributed by atoms with E-state index in [1.807, 2.05) is 6.92 Å². The van der Waals surface area contributed by atoms with E-state index in [0.717, 1.165) is 70.9 Å². The fourth-order valence-corrected chi connectivity index (χ4v) is 1.90. The van der Waals surface area contributed by atoms with Gasteiger partial charge in [0.05, 0.1) is 7.11 Å². The number of esters is 1. The van der Waals surface area contributed by atoms with Crippen molar-refractivity contribution in [2.45, 2.75) is 52.4 Å². The highest BCUT2D eigenvalue weighted by Gasteiger charge is 2.00. The van der Waals surface area contributed by atoms with Crippen LogP contribution < -0.4 is 10.6 Å². The maximum Gasteiger partial charge on any atom is 0.305 e. The van der Waals surface area contributed by atoms with Crippen molar-refractivity contribution in [3.8, 4) is 0 Å². The predicted molar refractivity (Wildman–Crippen MR) is 106 cm³/mol. The molecule has 0 bridgehead atoms. The molecule has 0 fully saturated rings. The number of methoxy groups -OCH3 is 1. The number of carbonyl (C=O) groups excluding carboxylic acids is 1. The van der Waals surface area contributed by atoms with Crippen LogP contribution in [0.5, 0.6) is 0 Å². The minimum Gasteiger partial charge on any atom is -0.469 e. The third-order valence-corrected chi connectivity index (χ3v) is 3.09. The standard InChI is InChI=1S/C16H33N3O3.HI/c1-4-17-16(19-13-10-14-22-5-2)18-12-9-7-6-8-11-15(20)21-3;/h4-14H2,1-3H3,(H2,17,18,19);1H. The van der Waals surface area contributed by atoms with Gasteiger partial charge in [-0.3, -0.25) is 9.79 Å². The Bertz CT molecular complexity index is 302. The Morgan fingerprint density at radius 1 is 1.04 bits per heavy atom. The molecule has 0 atom stereocenters. The summed E-state index contributed by atoms with van der Waals surface area (Å²) in [4.78, 5) is 15.5. The quantitative estimate of drug-likeness (QED) is 0.151. The number of nitrogens with zero attached hydrogens (tertiary/aromatic N) is 1. The van der Waals surface area contributed by atoms with Crippen molar-refractivity contribution < 1.29 is 14.3 Å². The summed E-state index contributed by atoms with van der Waals surface area (Å²) in [6.07, 6.45) is 5.60. The summed E-state index contributed by atoms with van der Waals surface area (Å²) in [7, 11) is 1.43. The summed E-state index contributed by atoms with van der Waals surface area (Å²) in [5, 5.41) is 6.56. The molecule has 0 rings (SSSR count). The summed E-state index contributed by atoms with van der Waals surface area (Å²) in [6, 6.07) is 0. The van der Waals surface area contributed by atoms with Gasteiger partial charge in [-0.15, -0.1) is 24.0 Å². The van der Waals surface area contributed by atoms with Crippen LogP contribution in [-0.4, -0.2) is 51.9 Å². The van der Waals surface area contributed by atoms with Crippen LogP contribution in [-0.2, 0) is 14.3 Å². The Kier molecular flexibility index (Phi) is 20.9. The second kappa shape index (κ2) is 19.5. The molecule has 0 aromatic rings. The second-order valence-corrected chi connectivity index (χ2v) is 4.98. The minimum absolute atomic E-state index is 0. The smallest absolute Gasteiger partial charge is 0.305 e. The van der Waals surface area contributed by atoms with Gasteiger partial charge in [-0.05, 0) is 33.1 Å². The molecule has 0 spiro atoms. The van der Waals surface area contributed by atoms with Crippen LogP contribution in [0.15, 0.2) is 4.99 Å². The predicted octanol–water partition coefficient (Wildman–Crippen LogP) is 2.71. The number of unbranched alkanes of at least 4 members (excludes halogenated alkanes) is 3. The number of carbonyl (C=O) groups is 1. The number of aliphatic imine (C=N–C) groups is 1. The van der Waals surface area contributed by atoms with E-state index in [4.69, 9.17) is 4.74 Å². The second-order valence-electron chi connectivity index (χ2n) is 4.98. The molecule has 0 saturated heterocycles. The lowest BCUT2D eigenvalue weighted by molar-refractivity contribution is -0.140. The highest BCUT2D eigenvalue weighted by Crippen LogP contribution is 2.03. The van der Waals surface area contributed by atoms with E-state index in [2.05, 4.69) is 27.3 Å². The van der Waals surface area contributed by atoms with E-state index in [0.29, 0.717) is 6.42 Å². The third-order valence-electron chi connectivity index (χ3n) is 3.09. The van der Waals surface area contributed by atoms with Crippen molar-refractivity contribution in [2.24, 2.45) is 4.99 Å². The van der Waals surface area contributed by atoms with E-state index >= 15 is 0 Å². The Morgan fingerprint density at radius 3 is 2.43 bits per heavy atom. The normalized spacial score (nSPS) is 10.8. The van der Waals surface area contributed by atoms with Crippen molar-refractivity contribution in [1.29, 1.82) is 0 Å². The van der Waals surface area contributed by atoms with Crippen LogP contribution in [0.3, 0.4) is 0 Å². The van der Waals surface area contributed by atoms with Crippen LogP contribution in [0.2, 0.25) is 0 Å². The maximum absolute atomic E-state index is 11.0. The zero-order valence-electron chi connectivity index (χ0n) is 14.9. The van der Waals surface area contributed by atoms with Crippen molar-refractivity contribution in [2.75, 3.05) is 40.0 Å². The molecule has 0 aliphatic carbocycles. The average molecular weight is 443 g/mol. The molecular weight excluding hydrogens is 409 g/mol. The van der Waals surface area contributed by atoms with Gasteiger partial charge in [0, 0.05) is 39.3 Å². The van der Waals surface area contributed by atoms with Gasteiger partial charge in [0.1, 0.15) is 0 Å². The Balaban J connectivity index is 0. The van der Waals surface area contributed by atoms with Gasteiger partial charge >= 0.3 is 5.97 Å². The lowest BCUT2D eigenvalue weighted by atomic mass is 10.1. The van der Waals surface area contributed by atoms with Crippen molar-refractivity contribution in [3.05, 3.63) is 0 Å². The summed E-state index contributed by atoms with van der Waals surface area (Å²) >= 11 is 0. The van der Waals surface area contributed by atoms with Gasteiger partial charge < -0.3 is 20.1 Å². The highest BCUT2D eigenvalue weighted by molar-refractivity contribution is 14.0. The molecule has 0 unspecified atom stereocenters. The number of rotatable bonds is 13. The van der Waals surface area contributed by atoms with Gasteiger partial charge in [-0.2, -0.15) is 0 Å². The Labute approximate surface area is 158 Å². The van der Waals surface area contributed by atoms with E-state index in [-0.39, 0.29) is 29.9 Å². The van der Waals surface area contributed by atoms with Crippen LogP contribution in [0, 0.1) is 0 Å². The summed E-state index contributed by atoms with van der Waals surface area (Å²) in [6.45, 7) is 8.11. The molecule has 0 aliphatic rings. The first-order chi connectivity index (χ1) is 10.7. The summed E-state index contributed by atoms with van der Waals surface area (Å²) in [5.41, 5.74) is 0. The zero-order chi connectivity index (χ0) is 16.5. The van der Waals surface area contributed by atoms with E-state index < -0.39 is 0 Å². The van der Waals surface area contributed by atoms with Gasteiger partial charge in [0.2, 0.25) is 0 Å². The molecule has 0 radical (unpaired) electrons. The maximum atomic E-state index is 11.0. The number of guanidine groups is 1. The Morgan fingerprint density at radius 2 is 1.78 bits per heavy atom. The van der Waals surface area contributed by atoms with E-state index in [1.54, 1.807) is 0 Å². The number of ether oxygens (including phenoxy) is 2. The van der Waals surface area contributed by atoms with Crippen molar-refractivity contribution in [1.82, 2.24) is 10.6 Å². The molecule has 2 N–H and O–H groups in total. The molecule has 0 aromatic carbocycles. The van der Waals surface area contributed by atoms with Crippen molar-refractivity contribution in [3.63, 3.8) is 0 Å². The topological polar surface area (TPSA) is 72.0 Å². The fraction of sp³-hybridized carbons (Fsp3) is 0.875. The lowest BCUT2D eigenvalue weighted by Crippen LogP contribution is -2.37. The number of halogens is 1. The first kappa shape index (κ1) is 24.7. The highest BCUT2D eigenvalue weighted by atomic mass is 127. The summed E-state index contributed by atoms with van der Waals surface area (Å²) < 4.78 is 9.91. The SMILES string of the molecule is CCNC(=NCCCOCC)NCCCCCCC(=O)OC.I. The number of nitrogens with one attached hydrogen (secondary N) is 2. The van der Waals surface area contributed by atoms with Gasteiger partial charge in [-0.25, -0.2) is 0 Å². The molecule has 6 nitrogen and oxygen atoms in total. The number of hydrogen-bond donors (Lipinski definition) is 2. The van der Waals surface area contributed by atoms with E-state index in [9.17, 15) is 4.79 Å². The first-order valence-corrected chi connectivity index (χ1v) is 8.41. The van der Waals surface area contributed by atoms with Crippen molar-refractivity contribution >= 4 is 35.9 Å². The van der Waals surface area contributed by atoms with Crippen LogP contribution in [0.4, 0.5) is 0 Å². The average Bonchev–Trinajstić information content (AvgIpc) is 2.53. The zero-order valence-corrected chi connectivity index (χ0v) is 17.2. The van der Waals surface area contributed by atoms with E-state index in [1.165, 1.54) is 7.11 Å². The van der Waals surface area contributed by atoms with Crippen LogP contribution in [0.25, 0.3) is 0 Å². The number of hydrogen-bond acceptors (Lipinski definition) is 4. The van der Waals surface area contributed by atoms with Gasteiger partial charge in [0.15, 0.2) is 5.96 Å². The first-order valence-electron chi connectivity index (χ1n) is 8.41. The molecule has 0 heterocycles. The fourth-order valence-electron chi connectivity index (χ4n) is 1.90. The summed E-state index contributed by atoms with van der Waals surface area (Å²) in [5.74, 6) is 0.750. The molecule has 0 aromatic heterocycles. The molecule has 138 valence electrons. The van der Waals surface area contributed by atoms with Crippen LogP contribution in [0.1, 0.15) is 52.4 Å². The molecular formula is C16H34IN3O3. The molecule has 23 heavy (non-hydrogen) atoms. The largest absolute Gasteiger partial charge is 0.469 e. The molecule has 0 saturated carbocycles. The molecule has 7 heteroatoms. The molecule has 0 aliphatic heterocycles. The molecule has 0 amide bonds.